The molecule has 0 spiro atoms. The van der Waals surface area contributed by atoms with Crippen LogP contribution in [0.2, 0.25) is 0 Å². The fourth-order valence-corrected chi connectivity index (χ4v) is 9.55. The average molecular weight is 709 g/mol. The minimum atomic E-state index is -0.476. The minimum Gasteiger partial charge on any atom is -0.343 e. The highest BCUT2D eigenvalue weighted by Gasteiger charge is 2.36. The van der Waals surface area contributed by atoms with E-state index in [-0.39, 0.29) is 55.7 Å². The summed E-state index contributed by atoms with van der Waals surface area (Å²) in [5, 5.41) is 39.6. The van der Waals surface area contributed by atoms with Crippen LogP contribution in [0.15, 0.2) is 59.7 Å². The lowest BCUT2D eigenvalue weighted by Crippen LogP contribution is -1.99. The zero-order valence-electron chi connectivity index (χ0n) is 26.9. The molecule has 12 heteroatoms. The highest BCUT2D eigenvalue weighted by atomic mass is 32.1. The van der Waals surface area contributed by atoms with Crippen molar-refractivity contribution in [3.05, 3.63) is 114 Å². The van der Waals surface area contributed by atoms with Crippen molar-refractivity contribution in [1.29, 1.82) is 21.0 Å². The largest absolute Gasteiger partial charge is 0.343 e. The van der Waals surface area contributed by atoms with Gasteiger partial charge in [0.25, 0.3) is 0 Å². The summed E-state index contributed by atoms with van der Waals surface area (Å²) in [6, 6.07) is 21.0. The fourth-order valence-electron chi connectivity index (χ4n) is 7.24. The van der Waals surface area contributed by atoms with Crippen LogP contribution in [0.1, 0.15) is 73.4 Å². The lowest BCUT2D eigenvalue weighted by molar-refractivity contribution is 0.0975. The molecule has 2 aliphatic carbocycles. The number of thiophene rings is 2. The molecule has 0 aliphatic heterocycles. The summed E-state index contributed by atoms with van der Waals surface area (Å²) in [6.07, 6.45) is 3.16. The third-order valence-electron chi connectivity index (χ3n) is 9.84. The van der Waals surface area contributed by atoms with Crippen molar-refractivity contribution in [1.82, 2.24) is 9.13 Å². The van der Waals surface area contributed by atoms with Crippen molar-refractivity contribution < 1.29 is 19.2 Å². The van der Waals surface area contributed by atoms with E-state index in [1.165, 1.54) is 46.9 Å². The van der Waals surface area contributed by atoms with Gasteiger partial charge >= 0.3 is 0 Å². The number of allylic oxidation sites excluding steroid dienone is 2. The van der Waals surface area contributed by atoms with Crippen molar-refractivity contribution in [3.63, 3.8) is 0 Å². The number of aromatic nitrogens is 2. The predicted molar refractivity (Wildman–Crippen MR) is 195 cm³/mol. The van der Waals surface area contributed by atoms with Gasteiger partial charge in [0.1, 0.15) is 24.3 Å². The van der Waals surface area contributed by atoms with Crippen LogP contribution in [0, 0.1) is 45.3 Å². The number of ketones is 4. The molecule has 9 rings (SSSR count). The summed E-state index contributed by atoms with van der Waals surface area (Å²) in [6.45, 7) is 0. The quantitative estimate of drug-likeness (QED) is 0.131. The van der Waals surface area contributed by atoms with Crippen LogP contribution in [0.4, 0.5) is 0 Å². The molecule has 4 heterocycles. The number of benzene rings is 3. The van der Waals surface area contributed by atoms with Crippen molar-refractivity contribution in [2.24, 2.45) is 14.1 Å². The number of fused-ring (bicyclic) bond motifs is 8. The molecule has 10 nitrogen and oxygen atoms in total. The van der Waals surface area contributed by atoms with Crippen molar-refractivity contribution in [3.8, 4) is 24.3 Å². The Bertz CT molecular complexity index is 2900. The molecule has 0 atom stereocenters. The van der Waals surface area contributed by atoms with Gasteiger partial charge in [-0.1, -0.05) is 0 Å². The van der Waals surface area contributed by atoms with Crippen LogP contribution < -0.4 is 0 Å². The fraction of sp³-hybridized carbons (Fsp3) is 0.0500. The molecule has 0 saturated heterocycles. The maximum absolute atomic E-state index is 13.3. The van der Waals surface area contributed by atoms with Crippen LogP contribution in [0.5, 0.6) is 0 Å². The molecule has 0 unspecified atom stereocenters. The summed E-state index contributed by atoms with van der Waals surface area (Å²) in [4.78, 5) is 54.5. The Kier molecular flexibility index (Phi) is 6.30. The molecule has 3 aromatic carbocycles. The Balaban J connectivity index is 1.11. The minimum absolute atomic E-state index is 0.00982. The Morgan fingerprint density at radius 3 is 1.08 bits per heavy atom. The van der Waals surface area contributed by atoms with E-state index in [4.69, 9.17) is 0 Å². The molecule has 242 valence electrons. The highest BCUT2D eigenvalue weighted by Crippen LogP contribution is 2.43. The lowest BCUT2D eigenvalue weighted by atomic mass is 10.0. The first-order valence-corrected chi connectivity index (χ1v) is 17.2. The second-order valence-electron chi connectivity index (χ2n) is 12.5. The maximum atomic E-state index is 13.3. The predicted octanol–water partition coefficient (Wildman–Crippen LogP) is 7.51. The number of rotatable bonds is 2. The number of hydrogen-bond acceptors (Lipinski definition) is 10. The van der Waals surface area contributed by atoms with Gasteiger partial charge in [-0.2, -0.15) is 21.0 Å². The van der Waals surface area contributed by atoms with Crippen molar-refractivity contribution in [2.45, 2.75) is 0 Å². The number of nitrogens with zero attached hydrogens (tertiary/aromatic N) is 6. The van der Waals surface area contributed by atoms with E-state index in [0.717, 1.165) is 42.2 Å². The molecule has 0 saturated carbocycles. The first-order chi connectivity index (χ1) is 25.1. The van der Waals surface area contributed by atoms with Crippen LogP contribution in [-0.2, 0) is 14.1 Å². The molecule has 7 aromatic rings. The Hall–Kier alpha value is -7.22. The third kappa shape index (κ3) is 3.99. The van der Waals surface area contributed by atoms with Gasteiger partial charge in [-0.15, -0.1) is 22.7 Å². The maximum Gasteiger partial charge on any atom is 0.197 e. The summed E-state index contributed by atoms with van der Waals surface area (Å²) in [7, 11) is 3.90. The lowest BCUT2D eigenvalue weighted by Gasteiger charge is -2.01. The number of carbonyl (C=O) groups excluding carboxylic acids is 4. The summed E-state index contributed by atoms with van der Waals surface area (Å²) >= 11 is 2.91. The van der Waals surface area contributed by atoms with E-state index in [1.54, 1.807) is 12.2 Å². The number of carbonyl (C=O) groups is 4. The van der Waals surface area contributed by atoms with E-state index in [0.29, 0.717) is 9.75 Å². The monoisotopic (exact) mass is 708 g/mol. The van der Waals surface area contributed by atoms with Gasteiger partial charge in [0, 0.05) is 56.9 Å². The van der Waals surface area contributed by atoms with Gasteiger partial charge in [0.2, 0.25) is 0 Å². The molecule has 0 amide bonds. The van der Waals surface area contributed by atoms with Gasteiger partial charge in [0.05, 0.1) is 64.9 Å². The Labute approximate surface area is 300 Å². The third-order valence-corrected chi connectivity index (χ3v) is 12.0. The first kappa shape index (κ1) is 30.8. The number of Topliss-reactive ketones (excluding diaryl/α,β-unsaturated/α-hetero) is 4. The highest BCUT2D eigenvalue weighted by molar-refractivity contribution is 7.21. The van der Waals surface area contributed by atoms with Crippen LogP contribution in [-0.4, -0.2) is 32.3 Å². The SMILES string of the molecule is Cn1c2cc3c4sc(C=C5C(=O)c6cc(C#N)c(C#N)cc6C5=O)cc4n(C)c3cc2c2sc(C=C3C(=O)c4cc(C#N)c(C#N)cc4C3=O)cc21. The molecule has 52 heavy (non-hydrogen) atoms. The van der Waals surface area contributed by atoms with Gasteiger partial charge in [0.15, 0.2) is 23.1 Å². The van der Waals surface area contributed by atoms with Crippen molar-refractivity contribution >= 4 is 100 Å². The standard InChI is InChI=1S/C40H16N6O4S2/c1-45-31-11-28-32(46(2)34-10-22(52-40(28)34)8-30-37(49)25-5-19(15-43)20(16-44)6-26(25)38(30)50)12-27(31)39-33(45)9-21(51-39)7-29-35(47)23-3-17(13-41)18(14-42)4-24(23)36(29)48/h3-12H,1-2H3. The molecule has 0 N–H and O–H groups in total. The first-order valence-electron chi connectivity index (χ1n) is 15.6. The second kappa shape index (κ2) is 10.6. The summed E-state index contributed by atoms with van der Waals surface area (Å²) < 4.78 is 6.07. The summed E-state index contributed by atoms with van der Waals surface area (Å²) in [5.74, 6) is -1.90. The molecule has 2 aliphatic rings. The molecule has 0 radical (unpaired) electrons. The Morgan fingerprint density at radius 1 is 0.481 bits per heavy atom. The topological polar surface area (TPSA) is 173 Å². The molecular weight excluding hydrogens is 693 g/mol. The zero-order chi connectivity index (χ0) is 36.3. The van der Waals surface area contributed by atoms with Gasteiger partial charge in [-0.05, 0) is 60.7 Å². The Morgan fingerprint density at radius 2 is 0.788 bits per heavy atom. The molecule has 0 bridgehead atoms. The molecular formula is C40H16N6O4S2. The van der Waals surface area contributed by atoms with E-state index < -0.39 is 23.1 Å². The normalized spacial score (nSPS) is 13.6. The van der Waals surface area contributed by atoms with Crippen LogP contribution in [0.3, 0.4) is 0 Å². The molecule has 4 aromatic heterocycles. The second-order valence-corrected chi connectivity index (χ2v) is 14.7. The van der Waals surface area contributed by atoms with Gasteiger partial charge in [-0.3, -0.25) is 19.2 Å². The zero-order valence-corrected chi connectivity index (χ0v) is 28.5. The van der Waals surface area contributed by atoms with Gasteiger partial charge in [-0.25, -0.2) is 0 Å². The number of nitriles is 4. The van der Waals surface area contributed by atoms with Gasteiger partial charge < -0.3 is 9.13 Å². The van der Waals surface area contributed by atoms with E-state index >= 15 is 0 Å². The average Bonchev–Trinajstić information content (AvgIpc) is 3.97. The van der Waals surface area contributed by atoms with E-state index in [2.05, 4.69) is 21.3 Å². The smallest absolute Gasteiger partial charge is 0.197 e. The molecule has 0 fully saturated rings. The number of hydrogen-bond donors (Lipinski definition) is 0. The number of aryl methyl sites for hydroxylation is 2. The van der Waals surface area contributed by atoms with E-state index in [9.17, 15) is 40.2 Å². The van der Waals surface area contributed by atoms with Crippen LogP contribution >= 0.6 is 22.7 Å². The van der Waals surface area contributed by atoms with E-state index in [1.807, 2.05) is 50.5 Å². The van der Waals surface area contributed by atoms with Crippen LogP contribution in [0.25, 0.3) is 54.4 Å². The van der Waals surface area contributed by atoms with Crippen molar-refractivity contribution in [2.75, 3.05) is 0 Å². The summed E-state index contributed by atoms with van der Waals surface area (Å²) in [5.41, 5.74) is 4.46.